The lowest BCUT2D eigenvalue weighted by molar-refractivity contribution is 0.0209. The van der Waals surface area contributed by atoms with Crippen LogP contribution in [-0.4, -0.2) is 48.3 Å². The summed E-state index contributed by atoms with van der Waals surface area (Å²) in [7, 11) is 1.65. The third-order valence-electron chi connectivity index (χ3n) is 2.52. The molecule has 1 aliphatic rings. The normalized spacial score (nSPS) is 25.9. The lowest BCUT2D eigenvalue weighted by Gasteiger charge is -2.27. The summed E-state index contributed by atoms with van der Waals surface area (Å²) in [4.78, 5) is 13.5. The molecular weight excluding hydrogens is 230 g/mol. The smallest absolute Gasteiger partial charge is 0.410 e. The van der Waals surface area contributed by atoms with Gasteiger partial charge in [-0.1, -0.05) is 0 Å². The van der Waals surface area contributed by atoms with Crippen LogP contribution in [-0.2, 0) is 9.47 Å². The van der Waals surface area contributed by atoms with Gasteiger partial charge >= 0.3 is 6.09 Å². The molecule has 0 aliphatic carbocycles. The van der Waals surface area contributed by atoms with Crippen molar-refractivity contribution in [1.29, 1.82) is 0 Å². The molecule has 0 aromatic heterocycles. The van der Waals surface area contributed by atoms with Gasteiger partial charge in [-0.3, -0.25) is 0 Å². The molecule has 0 aromatic rings. The Labute approximate surface area is 102 Å². The first-order valence-electron chi connectivity index (χ1n) is 5.45. The third-order valence-corrected chi connectivity index (χ3v) is 2.87. The summed E-state index contributed by atoms with van der Waals surface area (Å²) in [5.74, 6) is 0.416. The fourth-order valence-corrected chi connectivity index (χ4v) is 2.03. The van der Waals surface area contributed by atoms with Gasteiger partial charge in [0.05, 0.1) is 18.7 Å². The van der Waals surface area contributed by atoms with Crippen molar-refractivity contribution < 1.29 is 14.3 Å². The third kappa shape index (κ3) is 3.52. The molecule has 1 rings (SSSR count). The molecule has 0 unspecified atom stereocenters. The number of ether oxygens (including phenoxy) is 2. The van der Waals surface area contributed by atoms with Gasteiger partial charge in [0.15, 0.2) is 0 Å². The van der Waals surface area contributed by atoms with Crippen molar-refractivity contribution in [3.8, 4) is 0 Å². The van der Waals surface area contributed by atoms with Crippen molar-refractivity contribution in [3.63, 3.8) is 0 Å². The molecule has 4 nitrogen and oxygen atoms in total. The van der Waals surface area contributed by atoms with Crippen molar-refractivity contribution >= 4 is 17.7 Å². The molecule has 94 valence electrons. The highest BCUT2D eigenvalue weighted by Gasteiger charge is 2.36. The topological polar surface area (TPSA) is 38.8 Å². The number of carbonyl (C=O) groups is 1. The highest BCUT2D eigenvalue weighted by molar-refractivity contribution is 6.18. The fraction of sp³-hybridized carbons (Fsp3) is 0.909. The summed E-state index contributed by atoms with van der Waals surface area (Å²) in [6, 6.07) is 0.0152. The zero-order valence-corrected chi connectivity index (χ0v) is 11.1. The van der Waals surface area contributed by atoms with Gasteiger partial charge in [-0.2, -0.15) is 0 Å². The molecule has 0 spiro atoms. The number of likely N-dealkylation sites (tertiary alicyclic amines) is 1. The minimum absolute atomic E-state index is 0.0152. The maximum Gasteiger partial charge on any atom is 0.410 e. The molecule has 1 saturated heterocycles. The Kier molecular flexibility index (Phi) is 4.44. The minimum atomic E-state index is -0.473. The number of halogens is 1. The molecule has 16 heavy (non-hydrogen) atoms. The zero-order chi connectivity index (χ0) is 12.3. The van der Waals surface area contributed by atoms with Gasteiger partial charge in [0.2, 0.25) is 0 Å². The summed E-state index contributed by atoms with van der Waals surface area (Å²) < 4.78 is 10.6. The second-order valence-corrected chi connectivity index (χ2v) is 5.34. The predicted molar refractivity (Wildman–Crippen MR) is 62.9 cm³/mol. The fourth-order valence-electron chi connectivity index (χ4n) is 1.73. The number of rotatable bonds is 2. The second kappa shape index (κ2) is 5.23. The Morgan fingerprint density at radius 2 is 2.12 bits per heavy atom. The summed E-state index contributed by atoms with van der Waals surface area (Å²) in [6.07, 6.45) is 0.535. The van der Waals surface area contributed by atoms with Crippen LogP contribution in [0.25, 0.3) is 0 Å². The molecule has 2 atom stereocenters. The number of methoxy groups -OCH3 is 1. The summed E-state index contributed by atoms with van der Waals surface area (Å²) in [5.41, 5.74) is -0.473. The summed E-state index contributed by atoms with van der Waals surface area (Å²) in [5, 5.41) is 0. The number of alkyl halides is 1. The predicted octanol–water partition coefficient (Wildman–Crippen LogP) is 2.25. The Morgan fingerprint density at radius 3 is 2.56 bits per heavy atom. The summed E-state index contributed by atoms with van der Waals surface area (Å²) in [6.45, 7) is 6.11. The van der Waals surface area contributed by atoms with E-state index in [1.807, 2.05) is 20.8 Å². The molecule has 0 saturated carbocycles. The van der Waals surface area contributed by atoms with Crippen LogP contribution in [0.4, 0.5) is 4.79 Å². The van der Waals surface area contributed by atoms with E-state index in [0.717, 1.165) is 6.42 Å². The molecule has 5 heteroatoms. The van der Waals surface area contributed by atoms with E-state index in [1.165, 1.54) is 0 Å². The van der Waals surface area contributed by atoms with Gasteiger partial charge in [-0.25, -0.2) is 4.79 Å². The molecule has 0 radical (unpaired) electrons. The number of carbonyl (C=O) groups excluding carboxylic acids is 1. The van der Waals surface area contributed by atoms with Crippen molar-refractivity contribution in [2.24, 2.45) is 0 Å². The highest BCUT2D eigenvalue weighted by Crippen LogP contribution is 2.23. The van der Waals surface area contributed by atoms with Crippen LogP contribution in [0.15, 0.2) is 0 Å². The van der Waals surface area contributed by atoms with E-state index in [2.05, 4.69) is 0 Å². The molecule has 1 heterocycles. The van der Waals surface area contributed by atoms with Gasteiger partial charge in [-0.15, -0.1) is 11.6 Å². The SMILES string of the molecule is CO[C@@H]1C[C@@H](CCl)N(C(=O)OC(C)(C)C)C1. The van der Waals surface area contributed by atoms with Gasteiger partial charge < -0.3 is 14.4 Å². The number of hydrogen-bond acceptors (Lipinski definition) is 3. The standard InChI is InChI=1S/C11H20ClNO3/c1-11(2,3)16-10(14)13-7-9(15-4)5-8(13)6-12/h8-9H,5-7H2,1-4H3/t8-,9+/m0/s1. The van der Waals surface area contributed by atoms with E-state index in [4.69, 9.17) is 21.1 Å². The maximum atomic E-state index is 11.9. The first-order valence-corrected chi connectivity index (χ1v) is 5.99. The minimum Gasteiger partial charge on any atom is -0.444 e. The van der Waals surface area contributed by atoms with E-state index < -0.39 is 5.60 Å². The monoisotopic (exact) mass is 249 g/mol. The number of hydrogen-bond donors (Lipinski definition) is 0. The lowest BCUT2D eigenvalue weighted by atomic mass is 10.2. The van der Waals surface area contributed by atoms with Crippen LogP contribution in [0.2, 0.25) is 0 Å². The van der Waals surface area contributed by atoms with Crippen LogP contribution in [0.1, 0.15) is 27.2 Å². The van der Waals surface area contributed by atoms with Gasteiger partial charge in [0.1, 0.15) is 5.60 Å². The largest absolute Gasteiger partial charge is 0.444 e. The van der Waals surface area contributed by atoms with Crippen LogP contribution < -0.4 is 0 Å². The number of nitrogens with zero attached hydrogens (tertiary/aromatic N) is 1. The van der Waals surface area contributed by atoms with E-state index in [-0.39, 0.29) is 18.2 Å². The van der Waals surface area contributed by atoms with Crippen LogP contribution in [0, 0.1) is 0 Å². The van der Waals surface area contributed by atoms with Gasteiger partial charge in [0.25, 0.3) is 0 Å². The van der Waals surface area contributed by atoms with Crippen LogP contribution >= 0.6 is 11.6 Å². The Morgan fingerprint density at radius 1 is 1.50 bits per heavy atom. The second-order valence-electron chi connectivity index (χ2n) is 5.03. The zero-order valence-electron chi connectivity index (χ0n) is 10.3. The van der Waals surface area contributed by atoms with E-state index >= 15 is 0 Å². The Balaban J connectivity index is 2.61. The Hall–Kier alpha value is -0.480. The van der Waals surface area contributed by atoms with Gasteiger partial charge in [0, 0.05) is 13.0 Å². The summed E-state index contributed by atoms with van der Waals surface area (Å²) >= 11 is 5.84. The molecule has 1 fully saturated rings. The lowest BCUT2D eigenvalue weighted by Crippen LogP contribution is -2.40. The van der Waals surface area contributed by atoms with Crippen LogP contribution in [0.5, 0.6) is 0 Å². The quantitative estimate of drug-likeness (QED) is 0.705. The molecule has 1 amide bonds. The average molecular weight is 250 g/mol. The molecule has 0 aromatic carbocycles. The Bertz CT molecular complexity index is 252. The van der Waals surface area contributed by atoms with Crippen molar-refractivity contribution in [1.82, 2.24) is 4.90 Å². The molecule has 0 N–H and O–H groups in total. The van der Waals surface area contributed by atoms with Crippen molar-refractivity contribution in [2.75, 3.05) is 19.5 Å². The van der Waals surface area contributed by atoms with Crippen LogP contribution in [0.3, 0.4) is 0 Å². The maximum absolute atomic E-state index is 11.9. The molecular formula is C11H20ClNO3. The van der Waals surface area contributed by atoms with Crippen molar-refractivity contribution in [2.45, 2.75) is 44.9 Å². The number of amides is 1. The van der Waals surface area contributed by atoms with Crippen molar-refractivity contribution in [3.05, 3.63) is 0 Å². The first-order chi connectivity index (χ1) is 7.37. The van der Waals surface area contributed by atoms with E-state index in [9.17, 15) is 4.79 Å². The molecule has 0 bridgehead atoms. The van der Waals surface area contributed by atoms with E-state index in [0.29, 0.717) is 12.4 Å². The van der Waals surface area contributed by atoms with E-state index in [1.54, 1.807) is 12.0 Å². The average Bonchev–Trinajstić information content (AvgIpc) is 2.58. The van der Waals surface area contributed by atoms with Gasteiger partial charge in [-0.05, 0) is 27.2 Å². The highest BCUT2D eigenvalue weighted by atomic mass is 35.5. The molecule has 1 aliphatic heterocycles. The first kappa shape index (κ1) is 13.6.